The lowest BCUT2D eigenvalue weighted by atomic mass is 9.85. The maximum atomic E-state index is 12.3. The minimum Gasteiger partial charge on any atom is -0.451 e. The number of oxazole rings is 1. The quantitative estimate of drug-likeness (QED) is 0.874. The number of piperidine rings is 1. The number of aryl methyl sites for hydroxylation is 1. The zero-order chi connectivity index (χ0) is 16.2. The van der Waals surface area contributed by atoms with E-state index >= 15 is 0 Å². The molecule has 7 nitrogen and oxygen atoms in total. The highest BCUT2D eigenvalue weighted by molar-refractivity contribution is 5.77. The molecule has 1 amide bonds. The standard InChI is InChI=1S/C16H23N5O2/c1-3-21-15(22)5-4-12(6-17-8-14-10-23-11-18-14)16(21)13-7-19-20(2)9-13/h7,9-12,16-17H,3-6,8H2,1-2H3/t12-,16+/m1/s1. The van der Waals surface area contributed by atoms with E-state index in [1.54, 1.807) is 10.9 Å². The van der Waals surface area contributed by atoms with Crippen LogP contribution in [0.25, 0.3) is 0 Å². The number of carbonyl (C=O) groups is 1. The van der Waals surface area contributed by atoms with Crippen molar-refractivity contribution in [2.75, 3.05) is 13.1 Å². The van der Waals surface area contributed by atoms with Crippen molar-refractivity contribution in [3.8, 4) is 0 Å². The first-order valence-electron chi connectivity index (χ1n) is 8.04. The SMILES string of the molecule is CCN1C(=O)CC[C@H](CNCc2cocn2)[C@H]1c1cnn(C)c1. The molecule has 1 aliphatic heterocycles. The molecule has 124 valence electrons. The fourth-order valence-electron chi connectivity index (χ4n) is 3.36. The van der Waals surface area contributed by atoms with Gasteiger partial charge in [-0.2, -0.15) is 5.10 Å². The first kappa shape index (κ1) is 15.7. The van der Waals surface area contributed by atoms with Crippen molar-refractivity contribution in [2.24, 2.45) is 13.0 Å². The number of amides is 1. The number of carbonyl (C=O) groups excluding carboxylic acids is 1. The van der Waals surface area contributed by atoms with Crippen LogP contribution in [0.3, 0.4) is 0 Å². The van der Waals surface area contributed by atoms with Crippen LogP contribution in [0.15, 0.2) is 29.5 Å². The van der Waals surface area contributed by atoms with Crippen LogP contribution in [-0.2, 0) is 18.4 Å². The van der Waals surface area contributed by atoms with Crippen molar-refractivity contribution in [1.29, 1.82) is 0 Å². The van der Waals surface area contributed by atoms with E-state index in [9.17, 15) is 4.79 Å². The predicted octanol–water partition coefficient (Wildman–Crippen LogP) is 1.50. The molecule has 2 aromatic heterocycles. The topological polar surface area (TPSA) is 76.2 Å². The van der Waals surface area contributed by atoms with Gasteiger partial charge in [-0.25, -0.2) is 4.98 Å². The van der Waals surface area contributed by atoms with E-state index in [2.05, 4.69) is 15.4 Å². The second-order valence-electron chi connectivity index (χ2n) is 5.98. The van der Waals surface area contributed by atoms with E-state index in [1.807, 2.05) is 31.3 Å². The number of hydrogen-bond acceptors (Lipinski definition) is 5. The number of aromatic nitrogens is 3. The van der Waals surface area contributed by atoms with E-state index in [-0.39, 0.29) is 11.9 Å². The third-order valence-corrected chi connectivity index (χ3v) is 4.43. The average Bonchev–Trinajstić information content (AvgIpc) is 3.20. The first-order chi connectivity index (χ1) is 11.2. The van der Waals surface area contributed by atoms with Crippen molar-refractivity contribution in [1.82, 2.24) is 25.0 Å². The molecule has 3 heterocycles. The molecular formula is C16H23N5O2. The van der Waals surface area contributed by atoms with Crippen molar-refractivity contribution >= 4 is 5.91 Å². The molecule has 0 unspecified atom stereocenters. The Bertz CT molecular complexity index is 637. The molecule has 7 heteroatoms. The molecule has 1 saturated heterocycles. The third-order valence-electron chi connectivity index (χ3n) is 4.43. The summed E-state index contributed by atoms with van der Waals surface area (Å²) in [5, 5.41) is 7.71. The lowest BCUT2D eigenvalue weighted by molar-refractivity contribution is -0.138. The summed E-state index contributed by atoms with van der Waals surface area (Å²) in [6.07, 6.45) is 8.47. The van der Waals surface area contributed by atoms with Crippen molar-refractivity contribution < 1.29 is 9.21 Å². The molecule has 0 aromatic carbocycles. The van der Waals surface area contributed by atoms with Gasteiger partial charge in [0.2, 0.25) is 5.91 Å². The Balaban J connectivity index is 1.71. The van der Waals surface area contributed by atoms with Crippen LogP contribution in [0, 0.1) is 5.92 Å². The normalized spacial score (nSPS) is 21.8. The summed E-state index contributed by atoms with van der Waals surface area (Å²) in [5.41, 5.74) is 2.00. The highest BCUT2D eigenvalue weighted by Crippen LogP contribution is 2.36. The minimum atomic E-state index is 0.0831. The Hall–Kier alpha value is -2.15. The fourth-order valence-corrected chi connectivity index (χ4v) is 3.36. The average molecular weight is 317 g/mol. The zero-order valence-electron chi connectivity index (χ0n) is 13.6. The molecule has 1 N–H and O–H groups in total. The smallest absolute Gasteiger partial charge is 0.223 e. The van der Waals surface area contributed by atoms with Gasteiger partial charge in [0, 0.05) is 44.9 Å². The number of nitrogens with zero attached hydrogens (tertiary/aromatic N) is 4. The van der Waals surface area contributed by atoms with Crippen molar-refractivity contribution in [3.63, 3.8) is 0 Å². The molecule has 0 radical (unpaired) electrons. The summed E-state index contributed by atoms with van der Waals surface area (Å²) < 4.78 is 6.78. The van der Waals surface area contributed by atoms with Gasteiger partial charge in [-0.15, -0.1) is 0 Å². The monoisotopic (exact) mass is 317 g/mol. The molecular weight excluding hydrogens is 294 g/mol. The van der Waals surface area contributed by atoms with Gasteiger partial charge >= 0.3 is 0 Å². The Labute approximate surface area is 135 Å². The molecule has 23 heavy (non-hydrogen) atoms. The fraction of sp³-hybridized carbons (Fsp3) is 0.562. The van der Waals surface area contributed by atoms with E-state index in [4.69, 9.17) is 4.42 Å². The van der Waals surface area contributed by atoms with E-state index in [1.165, 1.54) is 6.39 Å². The summed E-state index contributed by atoms with van der Waals surface area (Å²) in [7, 11) is 1.91. The zero-order valence-corrected chi connectivity index (χ0v) is 13.6. The summed E-state index contributed by atoms with van der Waals surface area (Å²) in [5.74, 6) is 0.595. The molecule has 0 saturated carbocycles. The van der Waals surface area contributed by atoms with Crippen LogP contribution in [-0.4, -0.2) is 38.7 Å². The number of nitrogens with one attached hydrogen (secondary N) is 1. The summed E-state index contributed by atoms with van der Waals surface area (Å²) in [6, 6.07) is 0.0831. The summed E-state index contributed by atoms with van der Waals surface area (Å²) >= 11 is 0. The maximum Gasteiger partial charge on any atom is 0.223 e. The highest BCUT2D eigenvalue weighted by Gasteiger charge is 2.36. The molecule has 2 atom stereocenters. The van der Waals surface area contributed by atoms with Gasteiger partial charge in [0.1, 0.15) is 6.26 Å². The van der Waals surface area contributed by atoms with Crippen molar-refractivity contribution in [3.05, 3.63) is 36.3 Å². The van der Waals surface area contributed by atoms with Crippen LogP contribution in [0.2, 0.25) is 0 Å². The van der Waals surface area contributed by atoms with Gasteiger partial charge in [0.05, 0.1) is 17.9 Å². The van der Waals surface area contributed by atoms with Crippen LogP contribution >= 0.6 is 0 Å². The van der Waals surface area contributed by atoms with E-state index in [0.29, 0.717) is 18.9 Å². The van der Waals surface area contributed by atoms with Gasteiger partial charge in [-0.05, 0) is 19.3 Å². The number of hydrogen-bond donors (Lipinski definition) is 1. The molecule has 2 aromatic rings. The lowest BCUT2D eigenvalue weighted by Crippen LogP contribution is -2.45. The van der Waals surface area contributed by atoms with Gasteiger partial charge in [0.25, 0.3) is 0 Å². The second-order valence-corrected chi connectivity index (χ2v) is 5.98. The lowest BCUT2D eigenvalue weighted by Gasteiger charge is -2.40. The van der Waals surface area contributed by atoms with Crippen LogP contribution in [0.4, 0.5) is 0 Å². The maximum absolute atomic E-state index is 12.3. The van der Waals surface area contributed by atoms with E-state index in [0.717, 1.165) is 30.8 Å². The summed E-state index contributed by atoms with van der Waals surface area (Å²) in [4.78, 5) is 18.4. The Morgan fingerprint density at radius 2 is 2.35 bits per heavy atom. The second kappa shape index (κ2) is 6.95. The predicted molar refractivity (Wildman–Crippen MR) is 84.3 cm³/mol. The van der Waals surface area contributed by atoms with Gasteiger partial charge in [0.15, 0.2) is 6.39 Å². The number of likely N-dealkylation sites (tertiary alicyclic amines) is 1. The first-order valence-corrected chi connectivity index (χ1v) is 8.04. The van der Waals surface area contributed by atoms with Gasteiger partial charge in [-0.3, -0.25) is 9.48 Å². The third kappa shape index (κ3) is 3.44. The van der Waals surface area contributed by atoms with Crippen LogP contribution in [0.1, 0.15) is 37.1 Å². The van der Waals surface area contributed by atoms with Crippen LogP contribution in [0.5, 0.6) is 0 Å². The molecule has 0 bridgehead atoms. The highest BCUT2D eigenvalue weighted by atomic mass is 16.3. The Kier molecular flexibility index (Phi) is 4.76. The minimum absolute atomic E-state index is 0.0831. The van der Waals surface area contributed by atoms with Crippen molar-refractivity contribution in [2.45, 2.75) is 32.4 Å². The largest absolute Gasteiger partial charge is 0.451 e. The van der Waals surface area contributed by atoms with Crippen LogP contribution < -0.4 is 5.32 Å². The van der Waals surface area contributed by atoms with E-state index < -0.39 is 0 Å². The molecule has 0 spiro atoms. The number of rotatable bonds is 6. The summed E-state index contributed by atoms with van der Waals surface area (Å²) in [6.45, 7) is 4.26. The molecule has 1 aliphatic rings. The molecule has 1 fully saturated rings. The van der Waals surface area contributed by atoms with Gasteiger partial charge < -0.3 is 14.6 Å². The molecule has 3 rings (SSSR count). The Morgan fingerprint density at radius 3 is 3.00 bits per heavy atom. The molecule has 0 aliphatic carbocycles. The Morgan fingerprint density at radius 1 is 1.48 bits per heavy atom. The van der Waals surface area contributed by atoms with Gasteiger partial charge in [-0.1, -0.05) is 0 Å².